The fourth-order valence-corrected chi connectivity index (χ4v) is 4.41. The smallest absolute Gasteiger partial charge is 0.326 e. The maximum Gasteiger partial charge on any atom is 0.326 e. The molecule has 9 nitrogen and oxygen atoms in total. The van der Waals surface area contributed by atoms with E-state index in [1.807, 2.05) is 36.6 Å². The van der Waals surface area contributed by atoms with Crippen LogP contribution < -0.4 is 16.4 Å². The number of nitrogens with one attached hydrogen (secondary N) is 2. The average Bonchev–Trinajstić information content (AvgIpc) is 3.30. The quantitative estimate of drug-likeness (QED) is 0.262. The number of nitrogens with zero attached hydrogens (tertiary/aromatic N) is 1. The lowest BCUT2D eigenvalue weighted by Crippen LogP contribution is -2.57. The van der Waals surface area contributed by atoms with Gasteiger partial charge in [0, 0.05) is 12.3 Å². The van der Waals surface area contributed by atoms with Gasteiger partial charge < -0.3 is 26.4 Å². The van der Waals surface area contributed by atoms with E-state index in [-0.39, 0.29) is 12.2 Å². The van der Waals surface area contributed by atoms with Crippen LogP contribution in [0.2, 0.25) is 0 Å². The summed E-state index contributed by atoms with van der Waals surface area (Å²) in [6.45, 7) is 0.343. The van der Waals surface area contributed by atoms with Crippen molar-refractivity contribution in [1.82, 2.24) is 15.5 Å². The van der Waals surface area contributed by atoms with Gasteiger partial charge in [-0.15, -0.1) is 0 Å². The lowest BCUT2D eigenvalue weighted by molar-refractivity contribution is -0.144. The van der Waals surface area contributed by atoms with Gasteiger partial charge in [-0.05, 0) is 43.3 Å². The largest absolute Gasteiger partial charge is 0.480 e. The Morgan fingerprint density at radius 2 is 1.91 bits per heavy atom. The summed E-state index contributed by atoms with van der Waals surface area (Å²) in [7, 11) is 0. The van der Waals surface area contributed by atoms with Crippen LogP contribution in [0, 0.1) is 0 Å². The molecule has 1 aliphatic heterocycles. The second-order valence-electron chi connectivity index (χ2n) is 7.91. The number of likely N-dealkylation sites (tertiary alicyclic amines) is 1. The number of amides is 3. The Labute approximate surface area is 203 Å². The highest BCUT2D eigenvalue weighted by Gasteiger charge is 2.38. The summed E-state index contributed by atoms with van der Waals surface area (Å²) in [5.74, 6) is -1.89. The molecule has 1 aromatic carbocycles. The van der Waals surface area contributed by atoms with E-state index in [2.05, 4.69) is 23.3 Å². The Balaban J connectivity index is 2.00. The Morgan fingerprint density at radius 3 is 2.52 bits per heavy atom. The number of carboxylic acid groups (broad SMARTS) is 1. The Hall–Kier alpha value is -2.24. The zero-order valence-corrected chi connectivity index (χ0v) is 20.3. The van der Waals surface area contributed by atoms with Gasteiger partial charge in [0.1, 0.15) is 18.1 Å². The average molecular weight is 497 g/mol. The molecular weight excluding hydrogens is 464 g/mol. The molecule has 1 aromatic rings. The molecule has 33 heavy (non-hydrogen) atoms. The minimum Gasteiger partial charge on any atom is -0.480 e. The van der Waals surface area contributed by atoms with Crippen molar-refractivity contribution in [2.45, 2.75) is 49.9 Å². The minimum absolute atomic E-state index is 0.0406. The molecule has 1 saturated heterocycles. The Bertz CT molecular complexity index is 826. The van der Waals surface area contributed by atoms with Gasteiger partial charge in [0.15, 0.2) is 0 Å². The first-order chi connectivity index (χ1) is 15.8. The fraction of sp³-hybridized carbons (Fsp3) is 0.545. The first kappa shape index (κ1) is 27.0. The van der Waals surface area contributed by atoms with Crippen molar-refractivity contribution in [3.05, 3.63) is 35.9 Å². The number of thioether (sulfide) groups is 1. The van der Waals surface area contributed by atoms with Gasteiger partial charge in [-0.2, -0.15) is 24.4 Å². The first-order valence-corrected chi connectivity index (χ1v) is 12.8. The van der Waals surface area contributed by atoms with Gasteiger partial charge in [0.05, 0.1) is 6.04 Å². The highest BCUT2D eigenvalue weighted by atomic mass is 32.2. The molecule has 0 radical (unpaired) electrons. The molecule has 2 rings (SSSR count). The number of hydrogen-bond donors (Lipinski definition) is 5. The van der Waals surface area contributed by atoms with Crippen LogP contribution in [0.15, 0.2) is 30.3 Å². The molecule has 0 aliphatic carbocycles. The number of hydrogen-bond acceptors (Lipinski definition) is 7. The van der Waals surface area contributed by atoms with Gasteiger partial charge in [0.25, 0.3) is 0 Å². The van der Waals surface area contributed by atoms with Crippen LogP contribution in [0.4, 0.5) is 0 Å². The monoisotopic (exact) mass is 496 g/mol. The zero-order chi connectivity index (χ0) is 24.4. The van der Waals surface area contributed by atoms with Gasteiger partial charge in [-0.25, -0.2) is 4.79 Å². The Morgan fingerprint density at radius 1 is 1.21 bits per heavy atom. The molecule has 4 atom stereocenters. The van der Waals surface area contributed by atoms with E-state index >= 15 is 0 Å². The summed E-state index contributed by atoms with van der Waals surface area (Å²) in [5, 5.41) is 14.6. The third kappa shape index (κ3) is 7.94. The van der Waals surface area contributed by atoms with E-state index in [0.717, 1.165) is 5.56 Å². The number of thiol groups is 1. The number of carbonyl (C=O) groups excluding carboxylic acids is 3. The van der Waals surface area contributed by atoms with E-state index < -0.39 is 47.9 Å². The van der Waals surface area contributed by atoms with Gasteiger partial charge >= 0.3 is 5.97 Å². The molecular formula is C22H32N4O5S2. The van der Waals surface area contributed by atoms with Gasteiger partial charge in [0.2, 0.25) is 17.7 Å². The number of benzene rings is 1. The molecule has 11 heteroatoms. The van der Waals surface area contributed by atoms with E-state index in [9.17, 15) is 24.3 Å². The summed E-state index contributed by atoms with van der Waals surface area (Å²) in [5.41, 5.74) is 6.92. The summed E-state index contributed by atoms with van der Waals surface area (Å²) < 4.78 is 0. The fourth-order valence-electron chi connectivity index (χ4n) is 3.69. The molecule has 3 amide bonds. The molecule has 5 N–H and O–H groups in total. The number of aliphatic carboxylic acids is 1. The van der Waals surface area contributed by atoms with Crippen LogP contribution >= 0.6 is 24.4 Å². The van der Waals surface area contributed by atoms with Crippen molar-refractivity contribution in [2.24, 2.45) is 5.73 Å². The number of nitrogens with two attached hydrogens (primary N) is 1. The minimum atomic E-state index is -1.11. The van der Waals surface area contributed by atoms with Crippen molar-refractivity contribution in [1.29, 1.82) is 0 Å². The van der Waals surface area contributed by atoms with Gasteiger partial charge in [-0.1, -0.05) is 30.3 Å². The summed E-state index contributed by atoms with van der Waals surface area (Å²) in [6, 6.07) is 5.73. The van der Waals surface area contributed by atoms with Crippen LogP contribution in [0.1, 0.15) is 24.8 Å². The predicted molar refractivity (Wildman–Crippen MR) is 131 cm³/mol. The molecule has 0 aromatic heterocycles. The third-order valence-electron chi connectivity index (χ3n) is 5.50. The summed E-state index contributed by atoms with van der Waals surface area (Å²) in [4.78, 5) is 51.4. The van der Waals surface area contributed by atoms with Crippen molar-refractivity contribution in [3.63, 3.8) is 0 Å². The maximum absolute atomic E-state index is 13.1. The van der Waals surface area contributed by atoms with Crippen molar-refractivity contribution in [2.75, 3.05) is 24.3 Å². The molecule has 0 saturated carbocycles. The zero-order valence-electron chi connectivity index (χ0n) is 18.6. The van der Waals surface area contributed by atoms with Crippen LogP contribution in [0.3, 0.4) is 0 Å². The van der Waals surface area contributed by atoms with Crippen LogP contribution in [0.5, 0.6) is 0 Å². The van der Waals surface area contributed by atoms with Crippen molar-refractivity contribution < 1.29 is 24.3 Å². The Kier molecular flexibility index (Phi) is 11.0. The SMILES string of the molecule is CSCCC(NC(=O)C1CCCN1C(=O)C(CS)NC(=O)C(N)Cc1ccccc1)C(=O)O. The van der Waals surface area contributed by atoms with E-state index in [4.69, 9.17) is 5.73 Å². The van der Waals surface area contributed by atoms with Crippen molar-refractivity contribution >= 4 is 48.1 Å². The maximum atomic E-state index is 13.1. The number of carbonyl (C=O) groups is 4. The van der Waals surface area contributed by atoms with Crippen LogP contribution in [-0.2, 0) is 25.6 Å². The molecule has 1 fully saturated rings. The molecule has 4 unspecified atom stereocenters. The van der Waals surface area contributed by atoms with E-state index in [0.29, 0.717) is 31.6 Å². The second kappa shape index (κ2) is 13.5. The predicted octanol–water partition coefficient (Wildman–Crippen LogP) is 0.285. The summed E-state index contributed by atoms with van der Waals surface area (Å²) in [6.07, 6.45) is 3.50. The highest BCUT2D eigenvalue weighted by Crippen LogP contribution is 2.19. The topological polar surface area (TPSA) is 142 Å². The lowest BCUT2D eigenvalue weighted by Gasteiger charge is -2.29. The standard InChI is InChI=1S/C22H32N4O5S2/c1-33-11-9-16(22(30)31)24-20(28)18-8-5-10-26(18)21(29)17(13-32)25-19(27)15(23)12-14-6-3-2-4-7-14/h2-4,6-7,15-18,32H,5,8-13,23H2,1H3,(H,24,28)(H,25,27)(H,30,31). The highest BCUT2D eigenvalue weighted by molar-refractivity contribution is 7.98. The molecule has 1 aliphatic rings. The normalized spacial score (nSPS) is 18.3. The first-order valence-electron chi connectivity index (χ1n) is 10.8. The van der Waals surface area contributed by atoms with Gasteiger partial charge in [-0.3, -0.25) is 14.4 Å². The molecule has 0 spiro atoms. The van der Waals surface area contributed by atoms with E-state index in [1.165, 1.54) is 16.7 Å². The van der Waals surface area contributed by atoms with Crippen molar-refractivity contribution in [3.8, 4) is 0 Å². The van der Waals surface area contributed by atoms with Crippen LogP contribution in [0.25, 0.3) is 0 Å². The number of carboxylic acids is 1. The summed E-state index contributed by atoms with van der Waals surface area (Å²) >= 11 is 5.70. The molecule has 0 bridgehead atoms. The lowest BCUT2D eigenvalue weighted by atomic mass is 10.1. The molecule has 182 valence electrons. The molecule has 1 heterocycles. The van der Waals surface area contributed by atoms with E-state index in [1.54, 1.807) is 0 Å². The van der Waals surface area contributed by atoms with Crippen LogP contribution in [-0.4, -0.2) is 82.2 Å². The third-order valence-corrected chi connectivity index (χ3v) is 6.51. The second-order valence-corrected chi connectivity index (χ2v) is 9.26. The number of rotatable bonds is 12.